The van der Waals surface area contributed by atoms with E-state index < -0.39 is 5.97 Å². The van der Waals surface area contributed by atoms with Crippen LogP contribution in [0, 0.1) is 12.3 Å². The van der Waals surface area contributed by atoms with Gasteiger partial charge in [0.05, 0.1) is 16.9 Å². The van der Waals surface area contributed by atoms with Gasteiger partial charge in [0.15, 0.2) is 0 Å². The van der Waals surface area contributed by atoms with Crippen molar-refractivity contribution in [2.75, 3.05) is 5.32 Å². The van der Waals surface area contributed by atoms with Gasteiger partial charge in [0.25, 0.3) is 0 Å². The summed E-state index contributed by atoms with van der Waals surface area (Å²) in [7, 11) is 0. The first-order chi connectivity index (χ1) is 15.6. The molecule has 6 nitrogen and oxygen atoms in total. The Bertz CT molecular complexity index is 1140. The van der Waals surface area contributed by atoms with E-state index in [1.54, 1.807) is 4.68 Å². The zero-order valence-electron chi connectivity index (χ0n) is 20.4. The number of aromatic nitrogens is 2. The van der Waals surface area contributed by atoms with Gasteiger partial charge in [-0.2, -0.15) is 9.78 Å². The summed E-state index contributed by atoms with van der Waals surface area (Å²) in [5.41, 5.74) is 5.10. The molecule has 33 heavy (non-hydrogen) atoms. The summed E-state index contributed by atoms with van der Waals surface area (Å²) < 4.78 is 7.40. The van der Waals surface area contributed by atoms with E-state index in [0.717, 1.165) is 46.6 Å². The highest BCUT2D eigenvalue weighted by molar-refractivity contribution is 5.91. The second kappa shape index (κ2) is 10.0. The van der Waals surface area contributed by atoms with Crippen molar-refractivity contribution in [1.82, 2.24) is 9.78 Å². The van der Waals surface area contributed by atoms with Crippen molar-refractivity contribution in [3.8, 4) is 22.7 Å². The number of carbonyl (C=O) groups is 2. The molecule has 3 rings (SSSR count). The summed E-state index contributed by atoms with van der Waals surface area (Å²) in [5.74, 6) is -0.0185. The minimum Gasteiger partial charge on any atom is -0.407 e. The van der Waals surface area contributed by atoms with Crippen LogP contribution in [0.5, 0.6) is 5.88 Å². The first kappa shape index (κ1) is 24.2. The SMILES string of the molecule is CCCc1nn(-c2cccc(C)c2)c(OC(C)=O)c1-c1ccc(NC(=O)CC(C)(C)C)cc1. The van der Waals surface area contributed by atoms with Gasteiger partial charge in [-0.3, -0.25) is 9.59 Å². The van der Waals surface area contributed by atoms with Crippen LogP contribution >= 0.6 is 0 Å². The maximum Gasteiger partial charge on any atom is 0.309 e. The minimum atomic E-state index is -0.404. The summed E-state index contributed by atoms with van der Waals surface area (Å²) in [4.78, 5) is 24.3. The number of rotatable bonds is 7. The van der Waals surface area contributed by atoms with Crippen molar-refractivity contribution in [3.05, 3.63) is 59.8 Å². The van der Waals surface area contributed by atoms with Crippen LogP contribution in [-0.4, -0.2) is 21.7 Å². The van der Waals surface area contributed by atoms with Crippen LogP contribution in [0.15, 0.2) is 48.5 Å². The summed E-state index contributed by atoms with van der Waals surface area (Å²) in [5, 5.41) is 7.78. The molecular formula is C27H33N3O3. The molecule has 0 fully saturated rings. The summed E-state index contributed by atoms with van der Waals surface area (Å²) >= 11 is 0. The second-order valence-electron chi connectivity index (χ2n) is 9.58. The first-order valence-corrected chi connectivity index (χ1v) is 11.3. The summed E-state index contributed by atoms with van der Waals surface area (Å²) in [6.07, 6.45) is 2.08. The Morgan fingerprint density at radius 3 is 2.36 bits per heavy atom. The maximum atomic E-state index is 12.3. The molecule has 3 aromatic rings. The van der Waals surface area contributed by atoms with Crippen molar-refractivity contribution < 1.29 is 14.3 Å². The Morgan fingerprint density at radius 1 is 1.09 bits per heavy atom. The van der Waals surface area contributed by atoms with E-state index in [1.165, 1.54) is 6.92 Å². The monoisotopic (exact) mass is 447 g/mol. The van der Waals surface area contributed by atoms with Gasteiger partial charge in [0, 0.05) is 19.0 Å². The lowest BCUT2D eigenvalue weighted by molar-refractivity contribution is -0.132. The van der Waals surface area contributed by atoms with Crippen LogP contribution in [0.2, 0.25) is 0 Å². The third-order valence-electron chi connectivity index (χ3n) is 5.04. The minimum absolute atomic E-state index is 0.0187. The van der Waals surface area contributed by atoms with Gasteiger partial charge >= 0.3 is 5.97 Å². The number of aryl methyl sites for hydroxylation is 2. The summed E-state index contributed by atoms with van der Waals surface area (Å²) in [6, 6.07) is 15.5. The Balaban J connectivity index is 2.03. The van der Waals surface area contributed by atoms with Crippen molar-refractivity contribution in [3.63, 3.8) is 0 Å². The van der Waals surface area contributed by atoms with E-state index in [2.05, 4.69) is 12.2 Å². The number of carbonyl (C=O) groups excluding carboxylic acids is 2. The molecule has 0 atom stereocenters. The molecule has 0 saturated carbocycles. The van der Waals surface area contributed by atoms with Crippen LogP contribution in [-0.2, 0) is 16.0 Å². The molecule has 0 unspecified atom stereocenters. The molecule has 0 aliphatic rings. The smallest absolute Gasteiger partial charge is 0.309 e. The number of benzene rings is 2. The molecule has 1 heterocycles. The van der Waals surface area contributed by atoms with Crippen LogP contribution in [0.4, 0.5) is 5.69 Å². The Kier molecular flexibility index (Phi) is 7.36. The molecule has 0 spiro atoms. The van der Waals surface area contributed by atoms with E-state index in [4.69, 9.17) is 9.84 Å². The lowest BCUT2D eigenvalue weighted by Crippen LogP contribution is -2.19. The van der Waals surface area contributed by atoms with Gasteiger partial charge in [0.2, 0.25) is 11.8 Å². The van der Waals surface area contributed by atoms with Crippen molar-refractivity contribution in [2.24, 2.45) is 5.41 Å². The van der Waals surface area contributed by atoms with E-state index >= 15 is 0 Å². The molecule has 2 aromatic carbocycles. The fraction of sp³-hybridized carbons (Fsp3) is 0.370. The number of nitrogens with one attached hydrogen (secondary N) is 1. The number of esters is 1. The third kappa shape index (κ3) is 6.31. The van der Waals surface area contributed by atoms with Gasteiger partial charge in [-0.1, -0.05) is 58.4 Å². The van der Waals surface area contributed by atoms with E-state index in [0.29, 0.717) is 12.3 Å². The number of hydrogen-bond donors (Lipinski definition) is 1. The van der Waals surface area contributed by atoms with Gasteiger partial charge in [-0.15, -0.1) is 0 Å². The highest BCUT2D eigenvalue weighted by atomic mass is 16.5. The fourth-order valence-corrected chi connectivity index (χ4v) is 3.72. The number of anilines is 1. The van der Waals surface area contributed by atoms with E-state index in [-0.39, 0.29) is 11.3 Å². The number of amides is 1. The Labute approximate surface area is 196 Å². The standard InChI is InChI=1S/C27H33N3O3/c1-7-9-23-25(20-12-14-21(15-13-20)28-24(32)17-27(4,5)6)26(33-19(3)31)30(29-23)22-11-8-10-18(2)16-22/h8,10-16H,7,9,17H2,1-6H3,(H,28,32). The molecule has 1 amide bonds. The second-order valence-corrected chi connectivity index (χ2v) is 9.58. The molecule has 1 N–H and O–H groups in total. The van der Waals surface area contributed by atoms with Crippen LogP contribution in [0.3, 0.4) is 0 Å². The molecule has 0 aliphatic carbocycles. The van der Waals surface area contributed by atoms with Crippen molar-refractivity contribution in [2.45, 2.75) is 60.8 Å². The molecule has 0 bridgehead atoms. The van der Waals surface area contributed by atoms with Gasteiger partial charge in [-0.25, -0.2) is 0 Å². The van der Waals surface area contributed by atoms with Crippen LogP contribution in [0.25, 0.3) is 16.8 Å². The van der Waals surface area contributed by atoms with Gasteiger partial charge in [-0.05, 0) is 54.2 Å². The largest absolute Gasteiger partial charge is 0.407 e. The number of hydrogen-bond acceptors (Lipinski definition) is 4. The quantitative estimate of drug-likeness (QED) is 0.444. The molecule has 1 aromatic heterocycles. The van der Waals surface area contributed by atoms with Gasteiger partial charge < -0.3 is 10.1 Å². The predicted octanol–water partition coefficient (Wildman–Crippen LogP) is 6.10. The zero-order valence-corrected chi connectivity index (χ0v) is 20.4. The van der Waals surface area contributed by atoms with Gasteiger partial charge in [0.1, 0.15) is 0 Å². The fourth-order valence-electron chi connectivity index (χ4n) is 3.72. The lowest BCUT2D eigenvalue weighted by atomic mass is 9.92. The summed E-state index contributed by atoms with van der Waals surface area (Å²) in [6.45, 7) is 11.6. The molecule has 0 saturated heterocycles. The molecule has 6 heteroatoms. The predicted molar refractivity (Wildman–Crippen MR) is 132 cm³/mol. The Hall–Kier alpha value is -3.41. The first-order valence-electron chi connectivity index (χ1n) is 11.3. The third-order valence-corrected chi connectivity index (χ3v) is 5.04. The average Bonchev–Trinajstić information content (AvgIpc) is 3.04. The van der Waals surface area contributed by atoms with Crippen LogP contribution < -0.4 is 10.1 Å². The van der Waals surface area contributed by atoms with Crippen molar-refractivity contribution in [1.29, 1.82) is 0 Å². The normalized spacial score (nSPS) is 11.3. The van der Waals surface area contributed by atoms with Crippen LogP contribution in [0.1, 0.15) is 58.7 Å². The molecule has 0 radical (unpaired) electrons. The molecule has 0 aliphatic heterocycles. The average molecular weight is 448 g/mol. The molecule has 174 valence electrons. The van der Waals surface area contributed by atoms with E-state index in [9.17, 15) is 9.59 Å². The molecular weight excluding hydrogens is 414 g/mol. The highest BCUT2D eigenvalue weighted by Crippen LogP contribution is 2.37. The lowest BCUT2D eigenvalue weighted by Gasteiger charge is -2.17. The Morgan fingerprint density at radius 2 is 1.79 bits per heavy atom. The topological polar surface area (TPSA) is 73.2 Å². The van der Waals surface area contributed by atoms with E-state index in [1.807, 2.05) is 76.2 Å². The van der Waals surface area contributed by atoms with Crippen molar-refractivity contribution >= 4 is 17.6 Å². The maximum absolute atomic E-state index is 12.3. The number of nitrogens with zero attached hydrogens (tertiary/aromatic N) is 2. The zero-order chi connectivity index (χ0) is 24.2. The number of ether oxygens (including phenoxy) is 1. The highest BCUT2D eigenvalue weighted by Gasteiger charge is 2.23.